The van der Waals surface area contributed by atoms with E-state index in [1.165, 1.54) is 0 Å². The van der Waals surface area contributed by atoms with E-state index in [-0.39, 0.29) is 6.42 Å². The highest BCUT2D eigenvalue weighted by Gasteiger charge is 2.33. The molecule has 0 aromatic heterocycles. The lowest BCUT2D eigenvalue weighted by Crippen LogP contribution is -2.15. The van der Waals surface area contributed by atoms with Crippen molar-refractivity contribution >= 4 is 5.97 Å². The first kappa shape index (κ1) is 6.00. The van der Waals surface area contributed by atoms with E-state index < -0.39 is 16.9 Å². The monoisotopic (exact) mass is 130 g/mol. The van der Waals surface area contributed by atoms with Crippen LogP contribution in [0.2, 0.25) is 0 Å². The van der Waals surface area contributed by atoms with Crippen LogP contribution in [0.5, 0.6) is 0 Å². The predicted molar refractivity (Wildman–Crippen MR) is 25.8 cm³/mol. The number of ether oxygens (including phenoxy) is 1. The Morgan fingerprint density at radius 1 is 1.89 bits per heavy atom. The molecule has 0 aliphatic carbocycles. The normalized spacial score (nSPS) is 25.8. The first-order valence-corrected chi connectivity index (χ1v) is 2.36. The quantitative estimate of drug-likeness (QED) is 0.278. The van der Waals surface area contributed by atoms with Gasteiger partial charge in [0.2, 0.25) is 6.61 Å². The van der Waals surface area contributed by atoms with E-state index in [0.29, 0.717) is 0 Å². The van der Waals surface area contributed by atoms with Crippen LogP contribution in [0.3, 0.4) is 0 Å². The second-order valence-electron chi connectivity index (χ2n) is 1.68. The number of nitro groups is 1. The Labute approximate surface area is 50.8 Å². The number of esters is 1. The maximum absolute atomic E-state index is 10.2. The molecule has 1 aliphatic heterocycles. The van der Waals surface area contributed by atoms with Gasteiger partial charge in [0.25, 0.3) is 6.04 Å². The molecule has 1 heterocycles. The van der Waals surface area contributed by atoms with Crippen molar-refractivity contribution in [2.24, 2.45) is 0 Å². The van der Waals surface area contributed by atoms with Gasteiger partial charge in [-0.1, -0.05) is 0 Å². The number of rotatable bonds is 1. The second-order valence-corrected chi connectivity index (χ2v) is 1.68. The molecule has 0 N–H and O–H groups in total. The molecular weight excluding hydrogens is 126 g/mol. The molecule has 1 fully saturated rings. The molecule has 0 aromatic rings. The van der Waals surface area contributed by atoms with Gasteiger partial charge in [0.15, 0.2) is 0 Å². The van der Waals surface area contributed by atoms with Crippen molar-refractivity contribution in [3.05, 3.63) is 16.7 Å². The Balaban J connectivity index is 2.48. The summed E-state index contributed by atoms with van der Waals surface area (Å²) < 4.78 is 4.22. The van der Waals surface area contributed by atoms with E-state index in [0.717, 1.165) is 6.61 Å². The highest BCUT2D eigenvalue weighted by Crippen LogP contribution is 2.12. The minimum Gasteiger partial charge on any atom is -0.450 e. The predicted octanol–water partition coefficient (Wildman–Crippen LogP) is -0.260. The molecule has 9 heavy (non-hydrogen) atoms. The van der Waals surface area contributed by atoms with Gasteiger partial charge in [-0.25, -0.2) is 0 Å². The van der Waals surface area contributed by atoms with Crippen LogP contribution in [0.1, 0.15) is 6.42 Å². The topological polar surface area (TPSA) is 69.4 Å². The van der Waals surface area contributed by atoms with Crippen LogP contribution in [-0.2, 0) is 9.53 Å². The molecule has 1 saturated heterocycles. The Bertz CT molecular complexity index is 155. The van der Waals surface area contributed by atoms with Crippen LogP contribution in [0.25, 0.3) is 0 Å². The zero-order chi connectivity index (χ0) is 6.85. The van der Waals surface area contributed by atoms with Crippen molar-refractivity contribution in [2.45, 2.75) is 12.5 Å². The highest BCUT2D eigenvalue weighted by molar-refractivity contribution is 5.72. The van der Waals surface area contributed by atoms with Crippen molar-refractivity contribution in [3.63, 3.8) is 0 Å². The van der Waals surface area contributed by atoms with Gasteiger partial charge in [-0.2, -0.15) is 0 Å². The summed E-state index contributed by atoms with van der Waals surface area (Å²) in [5, 5.41) is 9.89. The van der Waals surface area contributed by atoms with Crippen LogP contribution in [0, 0.1) is 16.7 Å². The van der Waals surface area contributed by atoms with Crippen molar-refractivity contribution in [1.29, 1.82) is 0 Å². The van der Waals surface area contributed by atoms with Crippen molar-refractivity contribution in [1.82, 2.24) is 0 Å². The number of hydrogen-bond acceptors (Lipinski definition) is 4. The first-order chi connectivity index (χ1) is 4.20. The largest absolute Gasteiger partial charge is 0.450 e. The van der Waals surface area contributed by atoms with E-state index in [9.17, 15) is 14.9 Å². The van der Waals surface area contributed by atoms with E-state index in [1.807, 2.05) is 0 Å². The lowest BCUT2D eigenvalue weighted by atomic mass is 10.3. The van der Waals surface area contributed by atoms with Gasteiger partial charge in [-0.05, 0) is 0 Å². The Hall–Kier alpha value is -1.13. The van der Waals surface area contributed by atoms with E-state index >= 15 is 0 Å². The number of carbonyl (C=O) groups is 1. The summed E-state index contributed by atoms with van der Waals surface area (Å²) in [6.45, 7) is 0.947. The summed E-state index contributed by atoms with van der Waals surface area (Å²) in [7, 11) is 0. The third-order valence-corrected chi connectivity index (χ3v) is 1.00. The average molecular weight is 130 g/mol. The Kier molecular flexibility index (Phi) is 1.33. The van der Waals surface area contributed by atoms with Crippen LogP contribution >= 0.6 is 0 Å². The van der Waals surface area contributed by atoms with E-state index in [4.69, 9.17) is 0 Å². The summed E-state index contributed by atoms with van der Waals surface area (Å²) in [5.41, 5.74) is 0. The smallest absolute Gasteiger partial charge is 0.313 e. The lowest BCUT2D eigenvalue weighted by Gasteiger charge is -1.91. The van der Waals surface area contributed by atoms with E-state index in [2.05, 4.69) is 4.74 Å². The zero-order valence-electron chi connectivity index (χ0n) is 4.44. The molecule has 0 saturated carbocycles. The maximum atomic E-state index is 10.2. The third-order valence-electron chi connectivity index (χ3n) is 1.00. The summed E-state index contributed by atoms with van der Waals surface area (Å²) in [6, 6.07) is -0.933. The zero-order valence-corrected chi connectivity index (χ0v) is 4.44. The molecule has 5 nitrogen and oxygen atoms in total. The number of hydrogen-bond donors (Lipinski definition) is 0. The minimum absolute atomic E-state index is 0.132. The molecule has 0 spiro atoms. The van der Waals surface area contributed by atoms with Crippen LogP contribution in [0.15, 0.2) is 0 Å². The van der Waals surface area contributed by atoms with Gasteiger partial charge in [0.05, 0.1) is 0 Å². The highest BCUT2D eigenvalue weighted by atomic mass is 16.6. The fourth-order valence-corrected chi connectivity index (χ4v) is 0.546. The average Bonchev–Trinajstić information content (AvgIpc) is 2.14. The van der Waals surface area contributed by atoms with Gasteiger partial charge in [-0.15, -0.1) is 0 Å². The summed E-state index contributed by atoms with van der Waals surface area (Å²) in [4.78, 5) is 19.5. The molecule has 1 unspecified atom stereocenters. The SMILES string of the molecule is O=C1CC([N+](=O)[O-])[CH]O1. The Morgan fingerprint density at radius 3 is 2.78 bits per heavy atom. The Morgan fingerprint density at radius 2 is 2.56 bits per heavy atom. The fourth-order valence-electron chi connectivity index (χ4n) is 0.546. The molecule has 49 valence electrons. The molecular formula is C4H4NO4. The van der Waals surface area contributed by atoms with Crippen LogP contribution < -0.4 is 0 Å². The number of cyclic esters (lactones) is 1. The fraction of sp³-hybridized carbons (Fsp3) is 0.500. The molecule has 5 heteroatoms. The maximum Gasteiger partial charge on any atom is 0.313 e. The van der Waals surface area contributed by atoms with Crippen LogP contribution in [0.4, 0.5) is 0 Å². The summed E-state index contributed by atoms with van der Waals surface area (Å²) in [5.74, 6) is -0.531. The van der Waals surface area contributed by atoms with Crippen LogP contribution in [-0.4, -0.2) is 16.9 Å². The van der Waals surface area contributed by atoms with Gasteiger partial charge in [0.1, 0.15) is 6.42 Å². The van der Waals surface area contributed by atoms with Gasteiger partial charge in [-0.3, -0.25) is 14.9 Å². The number of carbonyl (C=O) groups excluding carboxylic acids is 1. The van der Waals surface area contributed by atoms with Gasteiger partial charge in [0, 0.05) is 4.92 Å². The second kappa shape index (κ2) is 2.00. The third kappa shape index (κ3) is 1.16. The molecule has 1 rings (SSSR count). The molecule has 1 radical (unpaired) electrons. The van der Waals surface area contributed by atoms with Crippen molar-refractivity contribution in [3.8, 4) is 0 Å². The first-order valence-electron chi connectivity index (χ1n) is 2.36. The summed E-state index contributed by atoms with van der Waals surface area (Å²) >= 11 is 0. The molecule has 1 aliphatic rings. The standard InChI is InChI=1S/C4H4NO4/c6-4-1-3(2-9-4)5(7)8/h2-3H,1H2. The molecule has 0 bridgehead atoms. The summed E-state index contributed by atoms with van der Waals surface area (Å²) in [6.07, 6.45) is -0.132. The van der Waals surface area contributed by atoms with E-state index in [1.54, 1.807) is 0 Å². The van der Waals surface area contributed by atoms with Crippen molar-refractivity contribution < 1.29 is 14.5 Å². The van der Waals surface area contributed by atoms with Gasteiger partial charge < -0.3 is 4.74 Å². The molecule has 0 amide bonds. The lowest BCUT2D eigenvalue weighted by molar-refractivity contribution is -0.512. The van der Waals surface area contributed by atoms with Crippen molar-refractivity contribution in [2.75, 3.05) is 0 Å². The minimum atomic E-state index is -0.933. The number of nitrogens with zero attached hydrogens (tertiary/aromatic N) is 1. The molecule has 0 aromatic carbocycles. The molecule has 1 atom stereocenters. The van der Waals surface area contributed by atoms with Gasteiger partial charge >= 0.3 is 5.97 Å².